The van der Waals surface area contributed by atoms with Gasteiger partial charge in [0, 0.05) is 28.2 Å². The third kappa shape index (κ3) is 6.02. The van der Waals surface area contributed by atoms with E-state index in [0.717, 1.165) is 11.4 Å². The molecule has 0 spiro atoms. The number of hydrogen-bond donors (Lipinski definition) is 2. The van der Waals surface area contributed by atoms with Crippen molar-refractivity contribution in [2.45, 2.75) is 11.7 Å². The Hall–Kier alpha value is -3.20. The second-order valence-corrected chi connectivity index (χ2v) is 8.90. The van der Waals surface area contributed by atoms with Gasteiger partial charge in [0.05, 0.1) is 24.4 Å². The van der Waals surface area contributed by atoms with Crippen molar-refractivity contribution >= 4 is 52.2 Å². The molecule has 1 aromatic heterocycles. The molecule has 10 heteroatoms. The first kappa shape index (κ1) is 23.9. The number of benzene rings is 3. The summed E-state index contributed by atoms with van der Waals surface area (Å²) in [4.78, 5) is 12.6. The van der Waals surface area contributed by atoms with Crippen molar-refractivity contribution in [1.29, 1.82) is 0 Å². The maximum Gasteiger partial charge on any atom is 0.234 e. The topological polar surface area (TPSA) is 81.1 Å². The summed E-state index contributed by atoms with van der Waals surface area (Å²) in [6.07, 6.45) is 0. The molecule has 0 aliphatic heterocycles. The first-order valence-electron chi connectivity index (χ1n) is 10.3. The lowest BCUT2D eigenvalue weighted by Gasteiger charge is -2.12. The van der Waals surface area contributed by atoms with Gasteiger partial charge in [0.1, 0.15) is 5.75 Å². The standard InChI is InChI=1S/C24H21Cl2N5O2S/c1-33-21-13-18(11-12-20(21)26)28-23(32)15-34-24-30-29-22(31(24)19-5-3-2-4-6-19)14-27-17-9-7-16(25)8-10-17/h2-13,27H,14-15H2,1H3,(H,28,32). The molecule has 7 nitrogen and oxygen atoms in total. The lowest BCUT2D eigenvalue weighted by Crippen LogP contribution is -2.15. The van der Waals surface area contributed by atoms with E-state index >= 15 is 0 Å². The fourth-order valence-electron chi connectivity index (χ4n) is 3.16. The normalized spacial score (nSPS) is 10.7. The molecule has 0 aliphatic carbocycles. The van der Waals surface area contributed by atoms with Gasteiger partial charge in [-0.2, -0.15) is 0 Å². The zero-order valence-electron chi connectivity index (χ0n) is 18.2. The van der Waals surface area contributed by atoms with E-state index in [2.05, 4.69) is 20.8 Å². The van der Waals surface area contributed by atoms with Crippen molar-refractivity contribution < 1.29 is 9.53 Å². The molecule has 174 valence electrons. The highest BCUT2D eigenvalue weighted by Gasteiger charge is 2.16. The van der Waals surface area contributed by atoms with Gasteiger partial charge in [-0.3, -0.25) is 9.36 Å². The third-order valence-electron chi connectivity index (χ3n) is 4.78. The SMILES string of the molecule is COc1cc(NC(=O)CSc2nnc(CNc3ccc(Cl)cc3)n2-c2ccccc2)ccc1Cl. The highest BCUT2D eigenvalue weighted by Crippen LogP contribution is 2.28. The molecular formula is C24H21Cl2N5O2S. The number of methoxy groups -OCH3 is 1. The number of nitrogens with one attached hydrogen (secondary N) is 2. The van der Waals surface area contributed by atoms with Gasteiger partial charge in [-0.25, -0.2) is 0 Å². The number of anilines is 2. The van der Waals surface area contributed by atoms with E-state index in [-0.39, 0.29) is 11.7 Å². The summed E-state index contributed by atoms with van der Waals surface area (Å²) >= 11 is 13.3. The molecule has 0 saturated carbocycles. The molecule has 0 saturated heterocycles. The molecule has 3 aromatic carbocycles. The Kier molecular flexibility index (Phi) is 7.95. The van der Waals surface area contributed by atoms with Crippen molar-refractivity contribution in [2.75, 3.05) is 23.5 Å². The number of ether oxygens (including phenoxy) is 1. The molecule has 4 aromatic rings. The van der Waals surface area contributed by atoms with Gasteiger partial charge in [-0.05, 0) is 48.5 Å². The van der Waals surface area contributed by atoms with Crippen LogP contribution in [0.3, 0.4) is 0 Å². The molecule has 0 radical (unpaired) electrons. The molecule has 0 unspecified atom stereocenters. The minimum Gasteiger partial charge on any atom is -0.495 e. The van der Waals surface area contributed by atoms with Gasteiger partial charge in [0.2, 0.25) is 5.91 Å². The first-order valence-corrected chi connectivity index (χ1v) is 12.0. The molecule has 2 N–H and O–H groups in total. The van der Waals surface area contributed by atoms with Crippen LogP contribution in [-0.4, -0.2) is 33.5 Å². The van der Waals surface area contributed by atoms with E-state index in [1.165, 1.54) is 18.9 Å². The smallest absolute Gasteiger partial charge is 0.234 e. The zero-order valence-corrected chi connectivity index (χ0v) is 20.5. The molecular weight excluding hydrogens is 493 g/mol. The second-order valence-electron chi connectivity index (χ2n) is 7.12. The Morgan fingerprint density at radius 3 is 2.47 bits per heavy atom. The largest absolute Gasteiger partial charge is 0.495 e. The molecule has 0 bridgehead atoms. The summed E-state index contributed by atoms with van der Waals surface area (Å²) in [5.74, 6) is 1.18. The van der Waals surface area contributed by atoms with E-state index in [4.69, 9.17) is 27.9 Å². The van der Waals surface area contributed by atoms with Crippen LogP contribution in [0.1, 0.15) is 5.82 Å². The van der Waals surface area contributed by atoms with Crippen LogP contribution in [0.5, 0.6) is 5.75 Å². The van der Waals surface area contributed by atoms with E-state index in [9.17, 15) is 4.79 Å². The minimum atomic E-state index is -0.183. The summed E-state index contributed by atoms with van der Waals surface area (Å²) in [7, 11) is 1.53. The van der Waals surface area contributed by atoms with Crippen molar-refractivity contribution in [1.82, 2.24) is 14.8 Å². The van der Waals surface area contributed by atoms with E-state index < -0.39 is 0 Å². The average molecular weight is 514 g/mol. The van der Waals surface area contributed by atoms with Crippen LogP contribution in [0.2, 0.25) is 10.0 Å². The summed E-state index contributed by atoms with van der Waals surface area (Å²) in [5, 5.41) is 16.6. The Morgan fingerprint density at radius 1 is 1.00 bits per heavy atom. The number of amides is 1. The quantitative estimate of drug-likeness (QED) is 0.270. The minimum absolute atomic E-state index is 0.153. The predicted molar refractivity (Wildman–Crippen MR) is 137 cm³/mol. The zero-order chi connectivity index (χ0) is 23.9. The van der Waals surface area contributed by atoms with Crippen molar-refractivity contribution in [3.63, 3.8) is 0 Å². The van der Waals surface area contributed by atoms with Gasteiger partial charge >= 0.3 is 0 Å². The lowest BCUT2D eigenvalue weighted by atomic mass is 10.3. The van der Waals surface area contributed by atoms with Gasteiger partial charge in [-0.1, -0.05) is 53.2 Å². The highest BCUT2D eigenvalue weighted by molar-refractivity contribution is 7.99. The van der Waals surface area contributed by atoms with Crippen molar-refractivity contribution in [3.8, 4) is 11.4 Å². The Bertz CT molecular complexity index is 1270. The molecule has 1 amide bonds. The maximum absolute atomic E-state index is 12.6. The van der Waals surface area contributed by atoms with E-state index in [1.807, 2.05) is 59.2 Å². The molecule has 0 aliphatic rings. The van der Waals surface area contributed by atoms with Crippen molar-refractivity contribution in [3.05, 3.63) is 88.7 Å². The number of rotatable bonds is 9. The van der Waals surface area contributed by atoms with Crippen LogP contribution in [0.25, 0.3) is 5.69 Å². The second kappa shape index (κ2) is 11.3. The maximum atomic E-state index is 12.6. The molecule has 0 fully saturated rings. The van der Waals surface area contributed by atoms with Gasteiger partial charge in [-0.15, -0.1) is 10.2 Å². The van der Waals surface area contributed by atoms with Crippen LogP contribution in [0.15, 0.2) is 78.0 Å². The first-order chi connectivity index (χ1) is 16.5. The summed E-state index contributed by atoms with van der Waals surface area (Å²) < 4.78 is 7.14. The van der Waals surface area contributed by atoms with Crippen LogP contribution < -0.4 is 15.4 Å². The predicted octanol–water partition coefficient (Wildman–Crippen LogP) is 5.93. The number of halogens is 2. The van der Waals surface area contributed by atoms with Crippen LogP contribution in [0, 0.1) is 0 Å². The van der Waals surface area contributed by atoms with Crippen molar-refractivity contribution in [2.24, 2.45) is 0 Å². The molecule has 1 heterocycles. The van der Waals surface area contributed by atoms with Gasteiger partial charge in [0.25, 0.3) is 0 Å². The van der Waals surface area contributed by atoms with Crippen LogP contribution in [0.4, 0.5) is 11.4 Å². The Balaban J connectivity index is 1.47. The average Bonchev–Trinajstić information content (AvgIpc) is 3.27. The number of carbonyl (C=O) groups is 1. The number of nitrogens with zero attached hydrogens (tertiary/aromatic N) is 3. The third-order valence-corrected chi connectivity index (χ3v) is 6.27. The number of thioether (sulfide) groups is 1. The number of para-hydroxylation sites is 1. The van der Waals surface area contributed by atoms with Gasteiger partial charge < -0.3 is 15.4 Å². The number of hydrogen-bond acceptors (Lipinski definition) is 6. The van der Waals surface area contributed by atoms with Crippen LogP contribution in [-0.2, 0) is 11.3 Å². The Morgan fingerprint density at radius 2 is 1.74 bits per heavy atom. The molecule has 34 heavy (non-hydrogen) atoms. The number of carbonyl (C=O) groups excluding carboxylic acids is 1. The van der Waals surface area contributed by atoms with E-state index in [0.29, 0.717) is 39.0 Å². The van der Waals surface area contributed by atoms with Crippen LogP contribution >= 0.6 is 35.0 Å². The summed E-state index contributed by atoms with van der Waals surface area (Å²) in [6.45, 7) is 0.445. The number of aromatic nitrogens is 3. The Labute approximate surface area is 211 Å². The van der Waals surface area contributed by atoms with Gasteiger partial charge in [0.15, 0.2) is 11.0 Å². The summed E-state index contributed by atoms with van der Waals surface area (Å²) in [5.41, 5.74) is 2.42. The fourth-order valence-corrected chi connectivity index (χ4v) is 4.25. The summed E-state index contributed by atoms with van der Waals surface area (Å²) in [6, 6.07) is 22.3. The molecule has 0 atom stereocenters. The lowest BCUT2D eigenvalue weighted by molar-refractivity contribution is -0.113. The highest BCUT2D eigenvalue weighted by atomic mass is 35.5. The van der Waals surface area contributed by atoms with E-state index in [1.54, 1.807) is 18.2 Å². The monoisotopic (exact) mass is 513 g/mol. The fraction of sp³-hybridized carbons (Fsp3) is 0.125. The molecule has 4 rings (SSSR count).